The van der Waals surface area contributed by atoms with Crippen molar-refractivity contribution < 1.29 is 9.90 Å². The van der Waals surface area contributed by atoms with Crippen LogP contribution in [0.1, 0.15) is 30.8 Å². The molecule has 0 bridgehead atoms. The number of hydrogen-bond donors (Lipinski definition) is 2. The van der Waals surface area contributed by atoms with Crippen LogP contribution in [0.15, 0.2) is 30.6 Å². The van der Waals surface area contributed by atoms with Gasteiger partial charge in [0, 0.05) is 49.8 Å². The highest BCUT2D eigenvalue weighted by Gasteiger charge is 2.36. The molecule has 1 aromatic carbocycles. The first-order valence-electron chi connectivity index (χ1n) is 10.5. The number of aromatic nitrogens is 4. The molecule has 9 heteroatoms. The molecule has 0 saturated carbocycles. The number of β-amino-alcohol motifs (C(OH)–C–C–N with tert-alkyl or cyclic N) is 1. The molecule has 2 aromatic heterocycles. The molecule has 1 aliphatic heterocycles. The topological polar surface area (TPSA) is 98.2 Å². The van der Waals surface area contributed by atoms with Crippen LogP contribution in [-0.2, 0) is 11.2 Å². The van der Waals surface area contributed by atoms with Crippen LogP contribution >= 0.6 is 11.6 Å². The van der Waals surface area contributed by atoms with Crippen molar-refractivity contribution in [1.29, 1.82) is 0 Å². The number of likely N-dealkylation sites (N-methyl/N-ethyl adjacent to an activating group) is 1. The normalized spacial score (nSPS) is 19.0. The summed E-state index contributed by atoms with van der Waals surface area (Å²) in [5, 5.41) is 11.8. The number of aromatic amines is 1. The molecule has 0 radical (unpaired) electrons. The van der Waals surface area contributed by atoms with Crippen molar-refractivity contribution in [2.45, 2.75) is 38.2 Å². The van der Waals surface area contributed by atoms with Gasteiger partial charge in [0.05, 0.1) is 23.2 Å². The first kappa shape index (κ1) is 21.5. The minimum Gasteiger partial charge on any atom is -0.386 e. The highest BCUT2D eigenvalue weighted by molar-refractivity contribution is 6.31. The number of amides is 1. The highest BCUT2D eigenvalue weighted by atomic mass is 35.5. The summed E-state index contributed by atoms with van der Waals surface area (Å²) in [6.07, 6.45) is 3.84. The summed E-state index contributed by atoms with van der Waals surface area (Å²) >= 11 is 6.02. The van der Waals surface area contributed by atoms with Crippen molar-refractivity contribution in [2.24, 2.45) is 0 Å². The number of hydrogen-bond acceptors (Lipinski definition) is 6. The number of carbonyl (C=O) groups is 1. The predicted molar refractivity (Wildman–Crippen MR) is 120 cm³/mol. The molecule has 0 aliphatic carbocycles. The number of fused-ring (bicyclic) bond motifs is 1. The van der Waals surface area contributed by atoms with Crippen molar-refractivity contribution in [3.05, 3.63) is 47.1 Å². The van der Waals surface area contributed by atoms with E-state index >= 15 is 0 Å². The molecule has 1 atom stereocenters. The Kier molecular flexibility index (Phi) is 6.11. The third kappa shape index (κ3) is 5.14. The highest BCUT2D eigenvalue weighted by Crippen LogP contribution is 2.26. The van der Waals surface area contributed by atoms with Crippen molar-refractivity contribution >= 4 is 34.4 Å². The molecule has 1 saturated heterocycles. The van der Waals surface area contributed by atoms with Crippen LogP contribution in [-0.4, -0.2) is 68.1 Å². The lowest BCUT2D eigenvalue weighted by Crippen LogP contribution is -2.55. The van der Waals surface area contributed by atoms with E-state index in [-0.39, 0.29) is 12.5 Å². The number of aliphatic hydroxyl groups is 1. The maximum Gasteiger partial charge on any atom is 0.222 e. The van der Waals surface area contributed by atoms with E-state index in [1.807, 2.05) is 25.1 Å². The lowest BCUT2D eigenvalue weighted by atomic mass is 9.92. The Bertz CT molecular complexity index is 1090. The number of aryl methyl sites for hydroxylation is 2. The number of nitrogens with zero attached hydrogens (tertiary/aromatic N) is 5. The van der Waals surface area contributed by atoms with Gasteiger partial charge in [0.2, 0.25) is 5.91 Å². The second kappa shape index (κ2) is 8.80. The molecule has 4 rings (SSSR count). The first-order valence-corrected chi connectivity index (χ1v) is 10.8. The van der Waals surface area contributed by atoms with Crippen molar-refractivity contribution in [2.75, 3.05) is 31.6 Å². The van der Waals surface area contributed by atoms with Crippen LogP contribution in [0.5, 0.6) is 0 Å². The van der Waals surface area contributed by atoms with Gasteiger partial charge < -0.3 is 19.9 Å². The maximum atomic E-state index is 12.7. The van der Waals surface area contributed by atoms with E-state index in [0.717, 1.165) is 41.3 Å². The number of rotatable bonds is 6. The van der Waals surface area contributed by atoms with E-state index in [0.29, 0.717) is 30.8 Å². The molecule has 2 N–H and O–H groups in total. The van der Waals surface area contributed by atoms with E-state index in [1.54, 1.807) is 24.3 Å². The van der Waals surface area contributed by atoms with Crippen LogP contribution in [0.4, 0.5) is 5.82 Å². The maximum absolute atomic E-state index is 12.7. The largest absolute Gasteiger partial charge is 0.386 e. The summed E-state index contributed by atoms with van der Waals surface area (Å²) in [6, 6.07) is 7.39. The molecule has 3 aromatic rings. The minimum atomic E-state index is -0.975. The summed E-state index contributed by atoms with van der Waals surface area (Å²) in [5.41, 5.74) is 1.60. The number of halogens is 1. The fourth-order valence-electron chi connectivity index (χ4n) is 4.15. The molecule has 0 spiro atoms. The number of H-pyrrole nitrogens is 1. The van der Waals surface area contributed by atoms with Crippen LogP contribution in [0.3, 0.4) is 0 Å². The number of imidazole rings is 1. The Morgan fingerprint density at radius 3 is 3.00 bits per heavy atom. The fraction of sp³-hybridized carbons (Fsp3) is 0.455. The lowest BCUT2D eigenvalue weighted by molar-refractivity contribution is -0.133. The number of carbonyl (C=O) groups excluding carboxylic acids is 1. The molecule has 164 valence electrons. The molecule has 1 fully saturated rings. The monoisotopic (exact) mass is 442 g/mol. The van der Waals surface area contributed by atoms with E-state index in [9.17, 15) is 9.90 Å². The fourth-order valence-corrected chi connectivity index (χ4v) is 4.32. The minimum absolute atomic E-state index is 0.0260. The van der Waals surface area contributed by atoms with Gasteiger partial charge in [-0.05, 0) is 38.0 Å². The Balaban J connectivity index is 1.34. The van der Waals surface area contributed by atoms with E-state index in [2.05, 4.69) is 24.8 Å². The number of benzene rings is 1. The van der Waals surface area contributed by atoms with Gasteiger partial charge in [0.15, 0.2) is 0 Å². The van der Waals surface area contributed by atoms with Gasteiger partial charge in [0.25, 0.3) is 0 Å². The predicted octanol–water partition coefficient (Wildman–Crippen LogP) is 2.74. The Morgan fingerprint density at radius 1 is 1.35 bits per heavy atom. The van der Waals surface area contributed by atoms with Gasteiger partial charge in [-0.15, -0.1) is 0 Å². The smallest absolute Gasteiger partial charge is 0.222 e. The summed E-state index contributed by atoms with van der Waals surface area (Å²) in [4.78, 5) is 32.6. The molecule has 3 heterocycles. The van der Waals surface area contributed by atoms with Crippen molar-refractivity contribution in [3.8, 4) is 0 Å². The molecule has 1 unspecified atom stereocenters. The Morgan fingerprint density at radius 2 is 2.19 bits per heavy atom. The van der Waals surface area contributed by atoms with Crippen LogP contribution in [0, 0.1) is 6.92 Å². The van der Waals surface area contributed by atoms with E-state index in [4.69, 9.17) is 11.6 Å². The molecular weight excluding hydrogens is 416 g/mol. The first-order chi connectivity index (χ1) is 14.8. The molecule has 8 nitrogen and oxygen atoms in total. The Labute approximate surface area is 186 Å². The van der Waals surface area contributed by atoms with Crippen LogP contribution < -0.4 is 4.90 Å². The zero-order valence-corrected chi connectivity index (χ0v) is 18.6. The number of anilines is 1. The summed E-state index contributed by atoms with van der Waals surface area (Å²) in [6.45, 7) is 3.46. The van der Waals surface area contributed by atoms with Gasteiger partial charge >= 0.3 is 0 Å². The third-order valence-corrected chi connectivity index (χ3v) is 5.93. The molecule has 1 amide bonds. The zero-order valence-electron chi connectivity index (χ0n) is 17.8. The number of piperidine rings is 1. The van der Waals surface area contributed by atoms with Gasteiger partial charge in [0.1, 0.15) is 18.0 Å². The van der Waals surface area contributed by atoms with Gasteiger partial charge in [-0.1, -0.05) is 11.6 Å². The van der Waals surface area contributed by atoms with Gasteiger partial charge in [-0.3, -0.25) is 4.79 Å². The van der Waals surface area contributed by atoms with Gasteiger partial charge in [-0.25, -0.2) is 15.0 Å². The summed E-state index contributed by atoms with van der Waals surface area (Å²) < 4.78 is 0. The standard InChI is InChI=1S/C22H27ClN6O2/c1-15-10-20(25-14-24-15)29-9-3-8-22(31,13-29)12-28(2)21(30)7-6-19-26-17-5-4-16(23)11-18(17)27-19/h4-5,10-11,14,31H,3,6-9,12-13H2,1-2H3,(H,26,27). The second-order valence-corrected chi connectivity index (χ2v) is 8.80. The van der Waals surface area contributed by atoms with Gasteiger partial charge in [-0.2, -0.15) is 0 Å². The number of nitrogens with one attached hydrogen (secondary N) is 1. The quantitative estimate of drug-likeness (QED) is 0.609. The van der Waals surface area contributed by atoms with E-state index < -0.39 is 5.60 Å². The molecule has 31 heavy (non-hydrogen) atoms. The summed E-state index contributed by atoms with van der Waals surface area (Å²) in [5.74, 6) is 1.53. The van der Waals surface area contributed by atoms with E-state index in [1.165, 1.54) is 0 Å². The average Bonchev–Trinajstić information content (AvgIpc) is 3.13. The molecule has 1 aliphatic rings. The van der Waals surface area contributed by atoms with Crippen molar-refractivity contribution in [1.82, 2.24) is 24.8 Å². The third-order valence-electron chi connectivity index (χ3n) is 5.69. The lowest BCUT2D eigenvalue weighted by Gasteiger charge is -2.41. The summed E-state index contributed by atoms with van der Waals surface area (Å²) in [7, 11) is 1.74. The van der Waals surface area contributed by atoms with Crippen LogP contribution in [0.2, 0.25) is 5.02 Å². The zero-order chi connectivity index (χ0) is 22.0. The Hall–Kier alpha value is -2.71. The second-order valence-electron chi connectivity index (χ2n) is 8.36. The molecular formula is C22H27ClN6O2. The SMILES string of the molecule is Cc1cc(N2CCCC(O)(CN(C)C(=O)CCc3nc4ccc(Cl)cc4[nH]3)C2)ncn1. The van der Waals surface area contributed by atoms with Crippen LogP contribution in [0.25, 0.3) is 11.0 Å². The van der Waals surface area contributed by atoms with Crippen molar-refractivity contribution in [3.63, 3.8) is 0 Å². The average molecular weight is 443 g/mol.